The van der Waals surface area contributed by atoms with Crippen molar-refractivity contribution in [3.8, 4) is 0 Å². The molecule has 1 N–H and O–H groups in total. The summed E-state index contributed by atoms with van der Waals surface area (Å²) in [4.78, 5) is 10.2. The van der Waals surface area contributed by atoms with Crippen molar-refractivity contribution in [2.24, 2.45) is 5.10 Å². The van der Waals surface area contributed by atoms with Crippen LogP contribution in [0.1, 0.15) is 5.56 Å². The quantitative estimate of drug-likeness (QED) is 0.518. The fraction of sp³-hybridized carbons (Fsp3) is 0. The van der Waals surface area contributed by atoms with Gasteiger partial charge in [0.25, 0.3) is 5.69 Å². The van der Waals surface area contributed by atoms with E-state index in [1.165, 1.54) is 18.3 Å². The van der Waals surface area contributed by atoms with E-state index in [1.54, 1.807) is 30.3 Å². The molecule has 20 heavy (non-hydrogen) atoms. The zero-order chi connectivity index (χ0) is 14.5. The average Bonchev–Trinajstić information content (AvgIpc) is 2.42. The normalized spacial score (nSPS) is 10.7. The third-order valence-electron chi connectivity index (χ3n) is 2.43. The van der Waals surface area contributed by atoms with Crippen LogP contribution < -0.4 is 5.43 Å². The zero-order valence-electron chi connectivity index (χ0n) is 10.1. The second-order valence-electron chi connectivity index (χ2n) is 3.82. The van der Waals surface area contributed by atoms with E-state index in [2.05, 4.69) is 10.5 Å². The largest absolute Gasteiger partial charge is 0.275 e. The number of hydrogen-bond acceptors (Lipinski definition) is 4. The predicted octanol–water partition coefficient (Wildman–Crippen LogP) is 4.35. The fourth-order valence-corrected chi connectivity index (χ4v) is 1.98. The number of nitro groups is 1. The maximum Gasteiger partial charge on any atom is 0.270 e. The Morgan fingerprint density at radius 1 is 1.15 bits per heavy atom. The van der Waals surface area contributed by atoms with Crippen LogP contribution in [0.25, 0.3) is 0 Å². The lowest BCUT2D eigenvalue weighted by Crippen LogP contribution is -1.93. The molecule has 0 aliphatic rings. The summed E-state index contributed by atoms with van der Waals surface area (Å²) in [7, 11) is 0. The monoisotopic (exact) mass is 309 g/mol. The molecule has 0 saturated carbocycles. The number of nitrogens with zero attached hydrogens (tertiary/aromatic N) is 2. The molecule has 0 radical (unpaired) electrons. The Morgan fingerprint density at radius 3 is 2.45 bits per heavy atom. The highest BCUT2D eigenvalue weighted by Crippen LogP contribution is 2.29. The molecule has 0 spiro atoms. The van der Waals surface area contributed by atoms with Crippen LogP contribution in [0.5, 0.6) is 0 Å². The Kier molecular flexibility index (Phi) is 4.55. The molecular formula is C13H9Cl2N3O2. The summed E-state index contributed by atoms with van der Waals surface area (Å²) in [5.41, 5.74) is 3.79. The van der Waals surface area contributed by atoms with Crippen LogP contribution in [0, 0.1) is 10.1 Å². The minimum absolute atomic E-state index is 0.00438. The summed E-state index contributed by atoms with van der Waals surface area (Å²) in [5, 5.41) is 15.5. The van der Waals surface area contributed by atoms with Gasteiger partial charge in [0.2, 0.25) is 0 Å². The van der Waals surface area contributed by atoms with Crippen LogP contribution in [0.4, 0.5) is 11.4 Å². The third kappa shape index (κ3) is 3.46. The van der Waals surface area contributed by atoms with Gasteiger partial charge in [-0.2, -0.15) is 5.10 Å². The van der Waals surface area contributed by atoms with Gasteiger partial charge in [0.1, 0.15) is 0 Å². The smallest absolute Gasteiger partial charge is 0.270 e. The molecule has 0 saturated heterocycles. The summed E-state index contributed by atoms with van der Waals surface area (Å²) >= 11 is 11.9. The van der Waals surface area contributed by atoms with Crippen molar-refractivity contribution < 1.29 is 4.92 Å². The summed E-state index contributed by atoms with van der Waals surface area (Å²) in [6.45, 7) is 0. The van der Waals surface area contributed by atoms with Crippen LogP contribution in [0.3, 0.4) is 0 Å². The molecule has 0 aromatic heterocycles. The van der Waals surface area contributed by atoms with E-state index in [4.69, 9.17) is 23.2 Å². The van der Waals surface area contributed by atoms with Crippen molar-refractivity contribution in [1.29, 1.82) is 0 Å². The zero-order valence-corrected chi connectivity index (χ0v) is 11.6. The Bertz CT molecular complexity index is 654. The molecule has 0 aliphatic carbocycles. The first-order chi connectivity index (χ1) is 9.58. The lowest BCUT2D eigenvalue weighted by molar-refractivity contribution is -0.384. The van der Waals surface area contributed by atoms with Crippen LogP contribution in [-0.2, 0) is 0 Å². The number of para-hydroxylation sites is 1. The summed E-state index contributed by atoms with van der Waals surface area (Å²) in [5.74, 6) is 0. The number of rotatable bonds is 4. The number of hydrogen-bond donors (Lipinski definition) is 1. The number of anilines is 1. The lowest BCUT2D eigenvalue weighted by atomic mass is 10.2. The first-order valence-electron chi connectivity index (χ1n) is 5.55. The molecular weight excluding hydrogens is 301 g/mol. The van der Waals surface area contributed by atoms with Crippen LogP contribution in [0.2, 0.25) is 10.0 Å². The lowest BCUT2D eigenvalue weighted by Gasteiger charge is -2.04. The Labute approximate surface area is 125 Å². The van der Waals surface area contributed by atoms with Gasteiger partial charge in [0, 0.05) is 17.7 Å². The van der Waals surface area contributed by atoms with Crippen LogP contribution in [-0.4, -0.2) is 11.1 Å². The maximum absolute atomic E-state index is 10.6. The van der Waals surface area contributed by atoms with Crippen molar-refractivity contribution in [3.63, 3.8) is 0 Å². The minimum Gasteiger partial charge on any atom is -0.275 e. The molecule has 0 atom stereocenters. The van der Waals surface area contributed by atoms with E-state index in [0.717, 1.165) is 0 Å². The maximum atomic E-state index is 10.6. The van der Waals surface area contributed by atoms with Gasteiger partial charge in [-0.15, -0.1) is 0 Å². The second kappa shape index (κ2) is 6.36. The molecule has 0 unspecified atom stereocenters. The highest BCUT2D eigenvalue weighted by Gasteiger charge is 2.05. The molecule has 2 rings (SSSR count). The fourth-order valence-electron chi connectivity index (χ4n) is 1.49. The molecule has 102 valence electrons. The van der Waals surface area contributed by atoms with Gasteiger partial charge < -0.3 is 0 Å². The number of benzene rings is 2. The van der Waals surface area contributed by atoms with Crippen molar-refractivity contribution in [1.82, 2.24) is 0 Å². The van der Waals surface area contributed by atoms with Crippen molar-refractivity contribution >= 4 is 40.8 Å². The SMILES string of the molecule is O=[N+]([O-])c1cccc(/C=N\Nc2c(Cl)cccc2Cl)c1. The average molecular weight is 310 g/mol. The molecule has 0 aliphatic heterocycles. The molecule has 0 bridgehead atoms. The Balaban J connectivity index is 2.14. The molecule has 2 aromatic rings. The van der Waals surface area contributed by atoms with Gasteiger partial charge in [0.15, 0.2) is 0 Å². The minimum atomic E-state index is -0.463. The van der Waals surface area contributed by atoms with Gasteiger partial charge in [-0.3, -0.25) is 15.5 Å². The molecule has 5 nitrogen and oxygen atoms in total. The van der Waals surface area contributed by atoms with Crippen molar-refractivity contribution in [2.75, 3.05) is 5.43 Å². The second-order valence-corrected chi connectivity index (χ2v) is 4.63. The topological polar surface area (TPSA) is 67.5 Å². The summed E-state index contributed by atoms with van der Waals surface area (Å²) < 4.78 is 0. The molecule has 0 amide bonds. The van der Waals surface area contributed by atoms with Gasteiger partial charge >= 0.3 is 0 Å². The highest BCUT2D eigenvalue weighted by atomic mass is 35.5. The van der Waals surface area contributed by atoms with Crippen molar-refractivity contribution in [3.05, 3.63) is 68.2 Å². The third-order valence-corrected chi connectivity index (χ3v) is 3.06. The Morgan fingerprint density at radius 2 is 1.80 bits per heavy atom. The number of hydrazone groups is 1. The molecule has 0 heterocycles. The summed E-state index contributed by atoms with van der Waals surface area (Å²) in [6.07, 6.45) is 1.45. The van der Waals surface area contributed by atoms with Gasteiger partial charge in [0.05, 0.1) is 26.9 Å². The highest BCUT2D eigenvalue weighted by molar-refractivity contribution is 6.39. The van der Waals surface area contributed by atoms with E-state index < -0.39 is 4.92 Å². The van der Waals surface area contributed by atoms with E-state index >= 15 is 0 Å². The van der Waals surface area contributed by atoms with Crippen LogP contribution >= 0.6 is 23.2 Å². The van der Waals surface area contributed by atoms with E-state index in [0.29, 0.717) is 21.3 Å². The van der Waals surface area contributed by atoms with E-state index in [9.17, 15) is 10.1 Å². The van der Waals surface area contributed by atoms with E-state index in [-0.39, 0.29) is 5.69 Å². The van der Waals surface area contributed by atoms with Gasteiger partial charge in [-0.05, 0) is 12.1 Å². The first-order valence-corrected chi connectivity index (χ1v) is 6.31. The number of nitrogens with one attached hydrogen (secondary N) is 1. The number of halogens is 2. The van der Waals surface area contributed by atoms with Gasteiger partial charge in [-0.25, -0.2) is 0 Å². The number of non-ortho nitro benzene ring substituents is 1. The van der Waals surface area contributed by atoms with Gasteiger partial charge in [-0.1, -0.05) is 41.4 Å². The number of nitro benzene ring substituents is 1. The molecule has 0 fully saturated rings. The standard InChI is InChI=1S/C13H9Cl2N3O2/c14-11-5-2-6-12(15)13(11)17-16-8-9-3-1-4-10(7-9)18(19)20/h1-8,17H/b16-8-. The summed E-state index contributed by atoms with van der Waals surface area (Å²) in [6, 6.07) is 11.2. The molecule has 2 aromatic carbocycles. The van der Waals surface area contributed by atoms with Crippen molar-refractivity contribution in [2.45, 2.75) is 0 Å². The first kappa shape index (κ1) is 14.3. The Hall–Kier alpha value is -2.11. The predicted molar refractivity (Wildman–Crippen MR) is 80.8 cm³/mol. The van der Waals surface area contributed by atoms with E-state index in [1.807, 2.05) is 0 Å². The van der Waals surface area contributed by atoms with Crippen LogP contribution in [0.15, 0.2) is 47.6 Å². The molecule has 7 heteroatoms.